The minimum absolute atomic E-state index is 0.148. The second-order valence-corrected chi connectivity index (χ2v) is 7.69. The smallest absolute Gasteiger partial charge is 0.246 e. The van der Waals surface area contributed by atoms with Crippen molar-refractivity contribution in [3.05, 3.63) is 29.8 Å². The Bertz CT molecular complexity index is 589. The summed E-state index contributed by atoms with van der Waals surface area (Å²) < 4.78 is 53.3. The van der Waals surface area contributed by atoms with E-state index in [2.05, 4.69) is 0 Å². The van der Waals surface area contributed by atoms with E-state index in [0.29, 0.717) is 12.5 Å². The van der Waals surface area contributed by atoms with Crippen LogP contribution in [0.4, 0.5) is 8.78 Å². The van der Waals surface area contributed by atoms with Gasteiger partial charge < -0.3 is 5.73 Å². The number of nitrogens with two attached hydrogens (primary N) is 1. The van der Waals surface area contributed by atoms with Gasteiger partial charge in [-0.05, 0) is 36.6 Å². The highest BCUT2D eigenvalue weighted by Crippen LogP contribution is 2.24. The van der Waals surface area contributed by atoms with Gasteiger partial charge in [-0.25, -0.2) is 17.2 Å². The molecule has 0 aliphatic rings. The average molecular weight is 320 g/mol. The molecule has 0 spiro atoms. The number of hydrogen-bond donors (Lipinski definition) is 1. The Morgan fingerprint density at radius 2 is 1.90 bits per heavy atom. The van der Waals surface area contributed by atoms with Gasteiger partial charge in [-0.2, -0.15) is 4.31 Å². The molecule has 1 rings (SSSR count). The molecule has 0 heterocycles. The van der Waals surface area contributed by atoms with Gasteiger partial charge in [0.2, 0.25) is 10.0 Å². The summed E-state index contributed by atoms with van der Waals surface area (Å²) in [6.07, 6.45) is 0.566. The van der Waals surface area contributed by atoms with Crippen LogP contribution in [0.5, 0.6) is 0 Å². The van der Waals surface area contributed by atoms with Gasteiger partial charge in [0, 0.05) is 13.1 Å². The molecule has 4 nitrogen and oxygen atoms in total. The predicted molar refractivity (Wildman–Crippen MR) is 78.2 cm³/mol. The first kappa shape index (κ1) is 18.0. The first-order valence-electron chi connectivity index (χ1n) is 6.79. The van der Waals surface area contributed by atoms with Crippen LogP contribution in [0, 0.1) is 17.0 Å². The minimum atomic E-state index is -4.10. The zero-order valence-electron chi connectivity index (χ0n) is 12.6. The van der Waals surface area contributed by atoms with E-state index in [1.54, 1.807) is 0 Å². The molecule has 7 heteroatoms. The highest BCUT2D eigenvalue weighted by atomic mass is 32.2. The van der Waals surface area contributed by atoms with Crippen molar-refractivity contribution in [2.45, 2.75) is 32.1 Å². The van der Waals surface area contributed by atoms with Gasteiger partial charge >= 0.3 is 0 Å². The third-order valence-corrected chi connectivity index (χ3v) is 5.00. The molecule has 120 valence electrons. The second-order valence-electron chi connectivity index (χ2n) is 5.78. The number of sulfonamides is 1. The van der Waals surface area contributed by atoms with Crippen LogP contribution in [0.1, 0.15) is 27.2 Å². The zero-order valence-corrected chi connectivity index (χ0v) is 13.4. The van der Waals surface area contributed by atoms with Crippen LogP contribution in [0.2, 0.25) is 0 Å². The van der Waals surface area contributed by atoms with Crippen LogP contribution in [-0.4, -0.2) is 32.4 Å². The summed E-state index contributed by atoms with van der Waals surface area (Å²) in [7, 11) is -4.10. The van der Waals surface area contributed by atoms with E-state index >= 15 is 0 Å². The number of benzene rings is 1. The third kappa shape index (κ3) is 4.46. The number of nitrogens with zero attached hydrogens (tertiary/aromatic N) is 1. The van der Waals surface area contributed by atoms with Crippen molar-refractivity contribution >= 4 is 10.0 Å². The molecule has 0 atom stereocenters. The minimum Gasteiger partial charge on any atom is -0.330 e. The Kier molecular flexibility index (Phi) is 5.83. The molecule has 21 heavy (non-hydrogen) atoms. The molecule has 0 amide bonds. The topological polar surface area (TPSA) is 63.4 Å². The monoisotopic (exact) mass is 320 g/mol. The van der Waals surface area contributed by atoms with Crippen LogP contribution < -0.4 is 5.73 Å². The van der Waals surface area contributed by atoms with Crippen molar-refractivity contribution in [3.63, 3.8) is 0 Å². The van der Waals surface area contributed by atoms with Crippen molar-refractivity contribution in [3.8, 4) is 0 Å². The van der Waals surface area contributed by atoms with Crippen molar-refractivity contribution < 1.29 is 17.2 Å². The maximum atomic E-state index is 13.8. The molecule has 0 aromatic heterocycles. The molecule has 2 N–H and O–H groups in total. The van der Waals surface area contributed by atoms with E-state index in [9.17, 15) is 17.2 Å². The maximum absolute atomic E-state index is 13.8. The molecule has 0 aliphatic carbocycles. The normalized spacial score (nSPS) is 12.9. The standard InChI is InChI=1S/C14H22F2N2O2S/c1-4-7-18(10-14(2,3)9-17)21(19,20)13-8-11(15)5-6-12(13)16/h5-6,8H,4,7,9-10,17H2,1-3H3. The maximum Gasteiger partial charge on any atom is 0.246 e. The second kappa shape index (κ2) is 6.81. The Labute approximate surface area is 125 Å². The van der Waals surface area contributed by atoms with Crippen LogP contribution in [0.15, 0.2) is 23.1 Å². The van der Waals surface area contributed by atoms with Crippen molar-refractivity contribution in [2.75, 3.05) is 19.6 Å². The summed E-state index contributed by atoms with van der Waals surface area (Å²) in [6, 6.07) is 2.42. The summed E-state index contributed by atoms with van der Waals surface area (Å²) in [6.45, 7) is 6.13. The fourth-order valence-electron chi connectivity index (χ4n) is 1.89. The van der Waals surface area contributed by atoms with Crippen molar-refractivity contribution in [2.24, 2.45) is 11.1 Å². The summed E-state index contributed by atoms with van der Waals surface area (Å²) >= 11 is 0. The highest BCUT2D eigenvalue weighted by Gasteiger charge is 2.31. The summed E-state index contributed by atoms with van der Waals surface area (Å²) in [4.78, 5) is -0.635. The van der Waals surface area contributed by atoms with Gasteiger partial charge in [-0.3, -0.25) is 0 Å². The van der Waals surface area contributed by atoms with Crippen LogP contribution >= 0.6 is 0 Å². The van der Waals surface area contributed by atoms with E-state index in [1.807, 2.05) is 20.8 Å². The lowest BCUT2D eigenvalue weighted by molar-refractivity contribution is 0.266. The molecule has 0 aliphatic heterocycles. The van der Waals surface area contributed by atoms with Gasteiger partial charge in [0.25, 0.3) is 0 Å². The molecule has 0 saturated carbocycles. The molecule has 1 aromatic rings. The van der Waals surface area contributed by atoms with Gasteiger partial charge in [0.15, 0.2) is 0 Å². The fourth-order valence-corrected chi connectivity index (χ4v) is 3.69. The van der Waals surface area contributed by atoms with Gasteiger partial charge in [-0.15, -0.1) is 0 Å². The van der Waals surface area contributed by atoms with Crippen LogP contribution in [0.25, 0.3) is 0 Å². The van der Waals surface area contributed by atoms with Crippen molar-refractivity contribution in [1.29, 1.82) is 0 Å². The summed E-state index contributed by atoms with van der Waals surface area (Å²) in [5.41, 5.74) is 5.18. The fraction of sp³-hybridized carbons (Fsp3) is 0.571. The van der Waals surface area contributed by atoms with Crippen molar-refractivity contribution in [1.82, 2.24) is 4.31 Å². The lowest BCUT2D eigenvalue weighted by Gasteiger charge is -2.31. The Morgan fingerprint density at radius 1 is 1.29 bits per heavy atom. The Morgan fingerprint density at radius 3 is 2.43 bits per heavy atom. The quantitative estimate of drug-likeness (QED) is 0.839. The van der Waals surface area contributed by atoms with E-state index in [4.69, 9.17) is 5.73 Å². The predicted octanol–water partition coefficient (Wildman–Crippen LogP) is 2.35. The first-order valence-corrected chi connectivity index (χ1v) is 8.23. The molecule has 0 unspecified atom stereocenters. The van der Waals surface area contributed by atoms with Crippen LogP contribution in [0.3, 0.4) is 0 Å². The molecule has 0 saturated heterocycles. The number of hydrogen-bond acceptors (Lipinski definition) is 3. The van der Waals surface area contributed by atoms with E-state index in [-0.39, 0.29) is 19.6 Å². The van der Waals surface area contributed by atoms with E-state index in [1.165, 1.54) is 0 Å². The lowest BCUT2D eigenvalue weighted by Crippen LogP contribution is -2.42. The molecule has 0 radical (unpaired) electrons. The highest BCUT2D eigenvalue weighted by molar-refractivity contribution is 7.89. The molecule has 0 bridgehead atoms. The summed E-state index contributed by atoms with van der Waals surface area (Å²) in [5.74, 6) is -1.74. The van der Waals surface area contributed by atoms with E-state index < -0.39 is 32.0 Å². The Balaban J connectivity index is 3.25. The zero-order chi connectivity index (χ0) is 16.3. The third-order valence-electron chi connectivity index (χ3n) is 3.14. The SMILES string of the molecule is CCCN(CC(C)(C)CN)S(=O)(=O)c1cc(F)ccc1F. The van der Waals surface area contributed by atoms with Gasteiger partial charge in [0.1, 0.15) is 16.5 Å². The van der Waals surface area contributed by atoms with Crippen LogP contribution in [-0.2, 0) is 10.0 Å². The average Bonchev–Trinajstić information content (AvgIpc) is 2.40. The molecule has 1 aromatic carbocycles. The first-order chi connectivity index (χ1) is 9.64. The molecular formula is C14H22F2N2O2S. The molecular weight excluding hydrogens is 298 g/mol. The summed E-state index contributed by atoms with van der Waals surface area (Å²) in [5, 5.41) is 0. The van der Waals surface area contributed by atoms with Gasteiger partial charge in [0.05, 0.1) is 0 Å². The largest absolute Gasteiger partial charge is 0.330 e. The number of halogens is 2. The molecule has 0 fully saturated rings. The lowest BCUT2D eigenvalue weighted by atomic mass is 9.94. The number of rotatable bonds is 7. The van der Waals surface area contributed by atoms with E-state index in [0.717, 1.165) is 16.4 Å². The van der Waals surface area contributed by atoms with Gasteiger partial charge in [-0.1, -0.05) is 20.8 Å². The Hall–Kier alpha value is -1.05.